The molecule has 1 saturated heterocycles. The summed E-state index contributed by atoms with van der Waals surface area (Å²) in [5, 5.41) is 1.21. The van der Waals surface area contributed by atoms with Crippen molar-refractivity contribution in [3.63, 3.8) is 0 Å². The summed E-state index contributed by atoms with van der Waals surface area (Å²) in [4.78, 5) is 12.4. The Morgan fingerprint density at radius 1 is 1.75 bits per heavy atom. The van der Waals surface area contributed by atoms with E-state index in [1.54, 1.807) is 0 Å². The molecule has 0 aromatic rings. The van der Waals surface area contributed by atoms with Gasteiger partial charge in [0, 0.05) is 0 Å². The van der Waals surface area contributed by atoms with E-state index in [4.69, 9.17) is 5.84 Å². The lowest BCUT2D eigenvalue weighted by molar-refractivity contribution is -0.126. The third-order valence-corrected chi connectivity index (χ3v) is 1.12. The van der Waals surface area contributed by atoms with Gasteiger partial charge in [-0.2, -0.15) is 0 Å². The Hall–Kier alpha value is -0.610. The molecule has 0 radical (unpaired) electrons. The van der Waals surface area contributed by atoms with E-state index in [9.17, 15) is 4.79 Å². The number of nitrogens with zero attached hydrogens (tertiary/aromatic N) is 2. The van der Waals surface area contributed by atoms with Crippen molar-refractivity contribution in [2.45, 2.75) is 0 Å². The van der Waals surface area contributed by atoms with E-state index in [0.717, 1.165) is 0 Å². The Morgan fingerprint density at radius 3 is 2.50 bits per heavy atom. The maximum Gasteiger partial charge on any atom is 0.251 e. The van der Waals surface area contributed by atoms with Crippen molar-refractivity contribution in [2.75, 3.05) is 20.3 Å². The number of carbonyl (C=O) groups excluding carboxylic acids is 1. The van der Waals surface area contributed by atoms with Crippen LogP contribution in [0.1, 0.15) is 0 Å². The molecule has 0 aromatic heterocycles. The smallest absolute Gasteiger partial charge is 0.251 e. The maximum atomic E-state index is 10.5. The highest BCUT2D eigenvalue weighted by atomic mass is 16.2. The van der Waals surface area contributed by atoms with Gasteiger partial charge >= 0.3 is 0 Å². The summed E-state index contributed by atoms with van der Waals surface area (Å²) in [6.45, 7) is 1.01. The first kappa shape index (κ1) is 5.53. The molecule has 4 nitrogen and oxygen atoms in total. The molecule has 1 rings (SSSR count). The third kappa shape index (κ3) is 0.801. The van der Waals surface area contributed by atoms with Gasteiger partial charge < -0.3 is 0 Å². The van der Waals surface area contributed by atoms with Gasteiger partial charge in [0.15, 0.2) is 0 Å². The molecule has 1 amide bonds. The van der Waals surface area contributed by atoms with E-state index in [-0.39, 0.29) is 5.91 Å². The number of rotatable bonds is 0. The summed E-state index contributed by atoms with van der Waals surface area (Å²) in [6.07, 6.45) is 0. The lowest BCUT2D eigenvalue weighted by Crippen LogP contribution is -2.33. The second-order valence-corrected chi connectivity index (χ2v) is 2.02. The number of likely N-dealkylation sites (N-methyl/N-ethyl adjacent to an activating group) is 1. The largest absolute Gasteiger partial charge is 0.279 e. The molecule has 0 bridgehead atoms. The van der Waals surface area contributed by atoms with E-state index in [1.165, 1.54) is 5.01 Å². The second-order valence-electron chi connectivity index (χ2n) is 2.02. The van der Waals surface area contributed by atoms with E-state index in [0.29, 0.717) is 13.2 Å². The molecule has 0 aliphatic carbocycles. The first-order valence-electron chi connectivity index (χ1n) is 2.44. The molecule has 46 valence electrons. The van der Waals surface area contributed by atoms with Crippen molar-refractivity contribution < 1.29 is 4.79 Å². The molecule has 0 aromatic carbocycles. The quantitative estimate of drug-likeness (QED) is 0.312. The van der Waals surface area contributed by atoms with Crippen LogP contribution in [0.3, 0.4) is 0 Å². The van der Waals surface area contributed by atoms with Crippen molar-refractivity contribution in [3.8, 4) is 0 Å². The molecule has 0 spiro atoms. The normalized spacial score (nSPS) is 22.8. The van der Waals surface area contributed by atoms with Crippen LogP contribution in [-0.4, -0.2) is 36.1 Å². The highest BCUT2D eigenvalue weighted by Gasteiger charge is 2.20. The monoisotopic (exact) mass is 115 g/mol. The molecule has 1 heterocycles. The summed E-state index contributed by atoms with van der Waals surface area (Å²) in [5.74, 6) is 5.20. The number of hydrogen-bond acceptors (Lipinski definition) is 3. The molecule has 0 saturated carbocycles. The van der Waals surface area contributed by atoms with Gasteiger partial charge in [-0.25, -0.2) is 5.84 Å². The summed E-state index contributed by atoms with van der Waals surface area (Å²) >= 11 is 0. The average Bonchev–Trinajstić information content (AvgIpc) is 1.85. The zero-order chi connectivity index (χ0) is 6.15. The average molecular weight is 115 g/mol. The molecule has 0 atom stereocenters. The summed E-state index contributed by atoms with van der Waals surface area (Å²) in [5.41, 5.74) is 0. The van der Waals surface area contributed by atoms with Crippen molar-refractivity contribution in [1.29, 1.82) is 0 Å². The Balaban J connectivity index is 2.51. The van der Waals surface area contributed by atoms with Gasteiger partial charge in [0.05, 0.1) is 13.2 Å². The number of nitrogens with two attached hydrogens (primary N) is 1. The van der Waals surface area contributed by atoms with Gasteiger partial charge in [-0.1, -0.05) is 0 Å². The minimum atomic E-state index is -0.00694. The number of hydrogen-bond donors (Lipinski definition) is 1. The molecule has 1 fully saturated rings. The maximum absolute atomic E-state index is 10.5. The van der Waals surface area contributed by atoms with Crippen molar-refractivity contribution >= 4 is 5.91 Å². The van der Waals surface area contributed by atoms with Crippen molar-refractivity contribution in [3.05, 3.63) is 0 Å². The number of carbonyl (C=O) groups is 1. The second kappa shape index (κ2) is 1.72. The summed E-state index contributed by atoms with van der Waals surface area (Å²) < 4.78 is 0. The van der Waals surface area contributed by atoms with Gasteiger partial charge in [0.25, 0.3) is 5.91 Å². The number of hydrazine groups is 1. The van der Waals surface area contributed by atoms with Crippen LogP contribution in [0.4, 0.5) is 0 Å². The SMILES string of the molecule is CN1CC(=O)N(N)C1. The zero-order valence-electron chi connectivity index (χ0n) is 4.79. The summed E-state index contributed by atoms with van der Waals surface area (Å²) in [6, 6.07) is 0. The van der Waals surface area contributed by atoms with Crippen molar-refractivity contribution in [1.82, 2.24) is 9.91 Å². The molecular weight excluding hydrogens is 106 g/mol. The van der Waals surface area contributed by atoms with Gasteiger partial charge in [0.1, 0.15) is 0 Å². The Kier molecular flexibility index (Phi) is 1.19. The Morgan fingerprint density at radius 2 is 2.38 bits per heavy atom. The first-order chi connectivity index (χ1) is 3.70. The Bertz CT molecular complexity index is 114. The van der Waals surface area contributed by atoms with E-state index in [2.05, 4.69) is 0 Å². The predicted octanol–water partition coefficient (Wildman–Crippen LogP) is -1.41. The van der Waals surface area contributed by atoms with Crippen LogP contribution in [0.25, 0.3) is 0 Å². The van der Waals surface area contributed by atoms with Gasteiger partial charge in [-0.05, 0) is 7.05 Å². The van der Waals surface area contributed by atoms with E-state index >= 15 is 0 Å². The lowest BCUT2D eigenvalue weighted by Gasteiger charge is -2.05. The fraction of sp³-hybridized carbons (Fsp3) is 0.750. The molecule has 4 heteroatoms. The minimum absolute atomic E-state index is 0.00694. The van der Waals surface area contributed by atoms with Crippen LogP contribution >= 0.6 is 0 Å². The van der Waals surface area contributed by atoms with Crippen molar-refractivity contribution in [2.24, 2.45) is 5.84 Å². The molecule has 1 aliphatic rings. The van der Waals surface area contributed by atoms with E-state index < -0.39 is 0 Å². The highest BCUT2D eigenvalue weighted by Crippen LogP contribution is 1.95. The van der Waals surface area contributed by atoms with Crippen LogP contribution in [0, 0.1) is 0 Å². The first-order valence-corrected chi connectivity index (χ1v) is 2.44. The van der Waals surface area contributed by atoms with Crippen LogP contribution in [0.2, 0.25) is 0 Å². The summed E-state index contributed by atoms with van der Waals surface area (Å²) in [7, 11) is 1.85. The van der Waals surface area contributed by atoms with Gasteiger partial charge in [-0.3, -0.25) is 14.7 Å². The number of amides is 1. The molecule has 0 unspecified atom stereocenters. The fourth-order valence-electron chi connectivity index (χ4n) is 0.711. The van der Waals surface area contributed by atoms with E-state index in [1.807, 2.05) is 11.9 Å². The van der Waals surface area contributed by atoms with Gasteiger partial charge in [0.2, 0.25) is 0 Å². The highest BCUT2D eigenvalue weighted by molar-refractivity contribution is 5.79. The lowest BCUT2D eigenvalue weighted by atomic mass is 10.6. The van der Waals surface area contributed by atoms with Crippen LogP contribution in [0.5, 0.6) is 0 Å². The minimum Gasteiger partial charge on any atom is -0.279 e. The molecule has 1 aliphatic heterocycles. The van der Waals surface area contributed by atoms with Crippen LogP contribution in [-0.2, 0) is 4.79 Å². The molecular formula is C4H9N3O. The Labute approximate surface area is 47.8 Å². The molecule has 2 N–H and O–H groups in total. The molecule has 8 heavy (non-hydrogen) atoms. The van der Waals surface area contributed by atoms with Crippen LogP contribution in [0.15, 0.2) is 0 Å². The predicted molar refractivity (Wildman–Crippen MR) is 28.5 cm³/mol. The topological polar surface area (TPSA) is 49.6 Å². The fourth-order valence-corrected chi connectivity index (χ4v) is 0.711. The zero-order valence-corrected chi connectivity index (χ0v) is 4.79. The van der Waals surface area contributed by atoms with Gasteiger partial charge in [-0.15, -0.1) is 0 Å². The third-order valence-electron chi connectivity index (χ3n) is 1.12. The standard InChI is InChI=1S/C4H9N3O/c1-6-2-4(8)7(5)3-6/h2-3,5H2,1H3. The van der Waals surface area contributed by atoms with Crippen LogP contribution < -0.4 is 5.84 Å².